The molecule has 0 aliphatic carbocycles. The second-order valence-electron chi connectivity index (χ2n) is 9.41. The molecule has 4 aromatic rings. The van der Waals surface area contributed by atoms with Crippen LogP contribution in [0.15, 0.2) is 36.8 Å². The number of fused-ring (bicyclic) bond motifs is 3. The third kappa shape index (κ3) is 4.26. The number of thioether (sulfide) groups is 1. The van der Waals surface area contributed by atoms with Gasteiger partial charge in [0.2, 0.25) is 0 Å². The summed E-state index contributed by atoms with van der Waals surface area (Å²) in [6.07, 6.45) is 4.27. The van der Waals surface area contributed by atoms with Crippen molar-refractivity contribution >= 4 is 45.3 Å². The van der Waals surface area contributed by atoms with Gasteiger partial charge in [0.25, 0.3) is 0 Å². The number of piperazine rings is 1. The van der Waals surface area contributed by atoms with E-state index in [-0.39, 0.29) is 0 Å². The van der Waals surface area contributed by atoms with Crippen molar-refractivity contribution in [2.75, 3.05) is 67.1 Å². The molecule has 2 aliphatic rings. The molecule has 0 bridgehead atoms. The molecule has 2 fully saturated rings. The summed E-state index contributed by atoms with van der Waals surface area (Å²) in [7, 11) is 2.09. The maximum atomic E-state index is 13.5. The molecule has 7 nitrogen and oxygen atoms in total. The Balaban J connectivity index is 1.23. The molecule has 1 aromatic carbocycles. The average molecular weight is 510 g/mol. The van der Waals surface area contributed by atoms with Crippen molar-refractivity contribution in [3.05, 3.63) is 54.0 Å². The maximum Gasteiger partial charge on any atom is 0.159 e. The highest BCUT2D eigenvalue weighted by Crippen LogP contribution is 2.37. The zero-order valence-corrected chi connectivity index (χ0v) is 21.1. The topological polar surface area (TPSA) is 53.3 Å². The Kier molecular flexibility index (Phi) is 6.39. The summed E-state index contributed by atoms with van der Waals surface area (Å²) >= 11 is 1.99. The fourth-order valence-electron chi connectivity index (χ4n) is 5.34. The van der Waals surface area contributed by atoms with Gasteiger partial charge in [-0.3, -0.25) is 4.90 Å². The summed E-state index contributed by atoms with van der Waals surface area (Å²) in [5.41, 5.74) is 3.95. The number of halogens is 2. The first-order valence-corrected chi connectivity index (χ1v) is 13.6. The van der Waals surface area contributed by atoms with Crippen LogP contribution in [0.2, 0.25) is 0 Å². The lowest BCUT2D eigenvalue weighted by Gasteiger charge is -2.35. The molecule has 3 aromatic heterocycles. The number of rotatable bonds is 5. The van der Waals surface area contributed by atoms with Crippen LogP contribution in [0.5, 0.6) is 0 Å². The van der Waals surface area contributed by atoms with Gasteiger partial charge in [0.15, 0.2) is 17.5 Å². The normalized spacial score (nSPS) is 17.4. The smallest absolute Gasteiger partial charge is 0.159 e. The first kappa shape index (κ1) is 23.4. The fraction of sp³-hybridized carbons (Fsp3) is 0.423. The molecule has 0 N–H and O–H groups in total. The summed E-state index contributed by atoms with van der Waals surface area (Å²) in [4.78, 5) is 21.3. The fourth-order valence-corrected chi connectivity index (χ4v) is 6.24. The minimum atomic E-state index is -0.797. The molecule has 0 unspecified atom stereocenters. The number of aryl methyl sites for hydroxylation is 1. The van der Waals surface area contributed by atoms with Crippen LogP contribution >= 0.6 is 11.8 Å². The molecule has 2 saturated heterocycles. The van der Waals surface area contributed by atoms with E-state index in [4.69, 9.17) is 15.0 Å². The monoisotopic (exact) mass is 509 g/mol. The Labute approximate surface area is 213 Å². The van der Waals surface area contributed by atoms with Gasteiger partial charge in [-0.15, -0.1) is 0 Å². The van der Waals surface area contributed by atoms with Crippen molar-refractivity contribution in [1.29, 1.82) is 0 Å². The first-order valence-electron chi connectivity index (χ1n) is 12.4. The molecular weight excluding hydrogens is 480 g/mol. The molecule has 10 heteroatoms. The SMILES string of the molecule is Cn1c2ccnc(N3CCSCC3)c2c2ncnc(N3CCN(CCc4ccc(F)c(F)c4)CC3)c21. The lowest BCUT2D eigenvalue weighted by molar-refractivity contribution is 0.260. The number of aromatic nitrogens is 4. The minimum absolute atomic E-state index is 0.697. The highest BCUT2D eigenvalue weighted by Gasteiger charge is 2.25. The third-order valence-corrected chi connectivity index (χ3v) is 8.27. The molecule has 2 aliphatic heterocycles. The predicted octanol–water partition coefficient (Wildman–Crippen LogP) is 3.71. The van der Waals surface area contributed by atoms with Crippen LogP contribution in [-0.4, -0.2) is 81.7 Å². The summed E-state index contributed by atoms with van der Waals surface area (Å²) in [6.45, 7) is 6.28. The largest absolute Gasteiger partial charge is 0.354 e. The standard InChI is InChI=1S/C26H29F2N7S/c1-32-21-4-6-29-25(35-12-14-36-15-13-35)22(21)23-24(32)26(31-17-30-23)34-10-8-33(9-11-34)7-5-18-2-3-19(27)20(28)16-18/h2-4,6,16-17H,5,7-15H2,1H3. The van der Waals surface area contributed by atoms with Crippen LogP contribution in [0.1, 0.15) is 5.56 Å². The Morgan fingerprint density at radius 2 is 1.64 bits per heavy atom. The molecule has 0 amide bonds. The third-order valence-electron chi connectivity index (χ3n) is 7.33. The second kappa shape index (κ2) is 9.82. The van der Waals surface area contributed by atoms with E-state index in [0.717, 1.165) is 96.5 Å². The minimum Gasteiger partial charge on any atom is -0.354 e. The molecule has 5 heterocycles. The summed E-state index contributed by atoms with van der Waals surface area (Å²) in [6, 6.07) is 6.24. The molecule has 0 radical (unpaired) electrons. The van der Waals surface area contributed by atoms with Crippen LogP contribution < -0.4 is 9.80 Å². The molecule has 0 atom stereocenters. The van der Waals surface area contributed by atoms with E-state index in [1.165, 1.54) is 12.1 Å². The Morgan fingerprint density at radius 3 is 2.42 bits per heavy atom. The van der Waals surface area contributed by atoms with E-state index < -0.39 is 11.6 Å². The van der Waals surface area contributed by atoms with E-state index >= 15 is 0 Å². The van der Waals surface area contributed by atoms with E-state index in [1.54, 1.807) is 12.4 Å². The van der Waals surface area contributed by atoms with Gasteiger partial charge in [0, 0.05) is 70.6 Å². The number of hydrogen-bond acceptors (Lipinski definition) is 7. The van der Waals surface area contributed by atoms with Gasteiger partial charge < -0.3 is 14.4 Å². The quantitative estimate of drug-likeness (QED) is 0.407. The van der Waals surface area contributed by atoms with Crippen molar-refractivity contribution in [2.45, 2.75) is 6.42 Å². The van der Waals surface area contributed by atoms with E-state index in [9.17, 15) is 8.78 Å². The highest BCUT2D eigenvalue weighted by atomic mass is 32.2. The van der Waals surface area contributed by atoms with E-state index in [0.29, 0.717) is 6.42 Å². The van der Waals surface area contributed by atoms with Gasteiger partial charge in [-0.2, -0.15) is 11.8 Å². The lowest BCUT2D eigenvalue weighted by Crippen LogP contribution is -2.47. The highest BCUT2D eigenvalue weighted by molar-refractivity contribution is 7.99. The number of anilines is 2. The number of benzene rings is 1. The number of nitrogens with zero attached hydrogens (tertiary/aromatic N) is 7. The van der Waals surface area contributed by atoms with Gasteiger partial charge in [0.05, 0.1) is 10.9 Å². The second-order valence-corrected chi connectivity index (χ2v) is 10.6. The Bertz CT molecular complexity index is 1390. The van der Waals surface area contributed by atoms with Crippen molar-refractivity contribution in [1.82, 2.24) is 24.4 Å². The van der Waals surface area contributed by atoms with Gasteiger partial charge in [-0.05, 0) is 30.2 Å². The molecule has 188 valence electrons. The maximum absolute atomic E-state index is 13.5. The van der Waals surface area contributed by atoms with Gasteiger partial charge >= 0.3 is 0 Å². The van der Waals surface area contributed by atoms with Crippen LogP contribution in [0.25, 0.3) is 21.9 Å². The zero-order valence-electron chi connectivity index (χ0n) is 20.3. The Morgan fingerprint density at radius 1 is 0.861 bits per heavy atom. The van der Waals surface area contributed by atoms with Crippen molar-refractivity contribution in [3.8, 4) is 0 Å². The number of hydrogen-bond donors (Lipinski definition) is 0. The predicted molar refractivity (Wildman–Crippen MR) is 142 cm³/mol. The van der Waals surface area contributed by atoms with Crippen molar-refractivity contribution in [3.63, 3.8) is 0 Å². The van der Waals surface area contributed by atoms with Gasteiger partial charge in [-0.1, -0.05) is 6.07 Å². The molecular formula is C26H29F2N7S. The van der Waals surface area contributed by atoms with E-state index in [1.807, 2.05) is 18.0 Å². The molecule has 36 heavy (non-hydrogen) atoms. The molecule has 6 rings (SSSR count). The van der Waals surface area contributed by atoms with Crippen molar-refractivity contribution in [2.24, 2.45) is 7.05 Å². The summed E-state index contributed by atoms with van der Waals surface area (Å²) < 4.78 is 29.0. The van der Waals surface area contributed by atoms with Crippen LogP contribution in [0.4, 0.5) is 20.4 Å². The molecule has 0 saturated carbocycles. The Hall–Kier alpha value is -2.98. The van der Waals surface area contributed by atoms with Gasteiger partial charge in [0.1, 0.15) is 23.2 Å². The lowest BCUT2D eigenvalue weighted by atomic mass is 10.1. The average Bonchev–Trinajstić information content (AvgIpc) is 3.22. The zero-order chi connectivity index (χ0) is 24.6. The first-order chi connectivity index (χ1) is 17.6. The van der Waals surface area contributed by atoms with E-state index in [2.05, 4.69) is 32.4 Å². The summed E-state index contributed by atoms with van der Waals surface area (Å²) in [5, 5.41) is 1.11. The van der Waals surface area contributed by atoms with Crippen LogP contribution in [0.3, 0.4) is 0 Å². The van der Waals surface area contributed by atoms with Crippen molar-refractivity contribution < 1.29 is 8.78 Å². The van der Waals surface area contributed by atoms with Crippen LogP contribution in [0, 0.1) is 11.6 Å². The van der Waals surface area contributed by atoms with Crippen LogP contribution in [-0.2, 0) is 13.5 Å². The summed E-state index contributed by atoms with van der Waals surface area (Å²) in [5.74, 6) is 2.63. The number of pyridine rings is 1. The van der Waals surface area contributed by atoms with Gasteiger partial charge in [-0.25, -0.2) is 23.7 Å². The molecule has 0 spiro atoms.